The first-order chi connectivity index (χ1) is 10.7. The molecular formula is C15H14ClN5O. The Morgan fingerprint density at radius 2 is 2.27 bits per heavy atom. The normalized spacial score (nSPS) is 10.6. The maximum absolute atomic E-state index is 12.1. The molecule has 2 aromatic heterocycles. The third-order valence-corrected chi connectivity index (χ3v) is 3.39. The van der Waals surface area contributed by atoms with Crippen LogP contribution in [0.25, 0.3) is 11.3 Å². The zero-order valence-corrected chi connectivity index (χ0v) is 12.4. The van der Waals surface area contributed by atoms with E-state index in [-0.39, 0.29) is 5.91 Å². The minimum absolute atomic E-state index is 0.194. The van der Waals surface area contributed by atoms with Gasteiger partial charge in [-0.25, -0.2) is 4.98 Å². The summed E-state index contributed by atoms with van der Waals surface area (Å²) in [6, 6.07) is 9.04. The Hall–Kier alpha value is -2.60. The van der Waals surface area contributed by atoms with Crippen LogP contribution in [0.3, 0.4) is 0 Å². The average molecular weight is 316 g/mol. The molecule has 0 atom stereocenters. The smallest absolute Gasteiger partial charge is 0.269 e. The van der Waals surface area contributed by atoms with Crippen molar-refractivity contribution >= 4 is 17.5 Å². The standard InChI is InChI=1S/C15H14ClN5O/c16-12-3-1-2-11(8-12)13-9-14(20-19-13)15(22)18-5-7-21-6-4-17-10-21/h1-4,6,8-10H,5,7H2,(H,18,22)(H,19,20). The number of nitrogens with one attached hydrogen (secondary N) is 2. The van der Waals surface area contributed by atoms with Crippen molar-refractivity contribution in [3.63, 3.8) is 0 Å². The fourth-order valence-electron chi connectivity index (χ4n) is 2.05. The summed E-state index contributed by atoms with van der Waals surface area (Å²) in [6.07, 6.45) is 5.26. The summed E-state index contributed by atoms with van der Waals surface area (Å²) < 4.78 is 1.89. The Labute approximate surface area is 132 Å². The van der Waals surface area contributed by atoms with Crippen molar-refractivity contribution in [2.45, 2.75) is 6.54 Å². The SMILES string of the molecule is O=C(NCCn1ccnc1)c1cc(-c2cccc(Cl)c2)n[nH]1. The molecule has 2 N–H and O–H groups in total. The number of carbonyl (C=O) groups is 1. The van der Waals surface area contributed by atoms with E-state index in [0.29, 0.717) is 29.5 Å². The topological polar surface area (TPSA) is 75.6 Å². The van der Waals surface area contributed by atoms with Gasteiger partial charge in [-0.1, -0.05) is 23.7 Å². The molecule has 112 valence electrons. The number of hydrogen-bond acceptors (Lipinski definition) is 3. The largest absolute Gasteiger partial charge is 0.349 e. The highest BCUT2D eigenvalue weighted by Crippen LogP contribution is 2.21. The van der Waals surface area contributed by atoms with Gasteiger partial charge in [0.15, 0.2) is 0 Å². The summed E-state index contributed by atoms with van der Waals surface area (Å²) in [7, 11) is 0. The van der Waals surface area contributed by atoms with Gasteiger partial charge in [0.05, 0.1) is 12.0 Å². The maximum atomic E-state index is 12.1. The summed E-state index contributed by atoms with van der Waals surface area (Å²) in [6.45, 7) is 1.18. The number of halogens is 1. The van der Waals surface area contributed by atoms with E-state index < -0.39 is 0 Å². The second-order valence-electron chi connectivity index (χ2n) is 4.73. The van der Waals surface area contributed by atoms with Crippen LogP contribution in [0.1, 0.15) is 10.5 Å². The first kappa shape index (κ1) is 14.3. The van der Waals surface area contributed by atoms with E-state index >= 15 is 0 Å². The van der Waals surface area contributed by atoms with Crippen LogP contribution in [0.4, 0.5) is 0 Å². The van der Waals surface area contributed by atoms with Gasteiger partial charge in [-0.3, -0.25) is 9.89 Å². The van der Waals surface area contributed by atoms with Crippen LogP contribution >= 0.6 is 11.6 Å². The number of benzene rings is 1. The monoisotopic (exact) mass is 315 g/mol. The number of imidazole rings is 1. The molecule has 0 aliphatic heterocycles. The van der Waals surface area contributed by atoms with E-state index in [4.69, 9.17) is 11.6 Å². The molecule has 0 spiro atoms. The second kappa shape index (κ2) is 6.44. The Balaban J connectivity index is 1.62. The van der Waals surface area contributed by atoms with Gasteiger partial charge in [0, 0.05) is 36.1 Å². The summed E-state index contributed by atoms with van der Waals surface area (Å²) in [5, 5.41) is 10.3. The first-order valence-corrected chi connectivity index (χ1v) is 7.15. The van der Waals surface area contributed by atoms with Crippen molar-refractivity contribution in [1.29, 1.82) is 0 Å². The number of rotatable bonds is 5. The molecule has 3 rings (SSSR count). The van der Waals surface area contributed by atoms with E-state index in [1.807, 2.05) is 22.9 Å². The number of amides is 1. The third-order valence-electron chi connectivity index (χ3n) is 3.16. The molecular weight excluding hydrogens is 302 g/mol. The van der Waals surface area contributed by atoms with E-state index in [1.165, 1.54) is 0 Å². The van der Waals surface area contributed by atoms with Crippen LogP contribution in [-0.2, 0) is 6.54 Å². The molecule has 0 saturated heterocycles. The van der Waals surface area contributed by atoms with Crippen molar-refractivity contribution < 1.29 is 4.79 Å². The first-order valence-electron chi connectivity index (χ1n) is 6.77. The van der Waals surface area contributed by atoms with Gasteiger partial charge in [-0.05, 0) is 18.2 Å². The van der Waals surface area contributed by atoms with Crippen molar-refractivity contribution in [2.24, 2.45) is 0 Å². The van der Waals surface area contributed by atoms with Gasteiger partial charge >= 0.3 is 0 Å². The zero-order valence-electron chi connectivity index (χ0n) is 11.7. The highest BCUT2D eigenvalue weighted by atomic mass is 35.5. The lowest BCUT2D eigenvalue weighted by atomic mass is 10.1. The van der Waals surface area contributed by atoms with E-state index in [9.17, 15) is 4.79 Å². The molecule has 0 aliphatic rings. The Morgan fingerprint density at radius 3 is 3.05 bits per heavy atom. The molecule has 1 aromatic carbocycles. The molecule has 1 amide bonds. The number of aromatic nitrogens is 4. The van der Waals surface area contributed by atoms with Crippen LogP contribution in [-0.4, -0.2) is 32.2 Å². The summed E-state index contributed by atoms with van der Waals surface area (Å²) in [5.74, 6) is -0.194. The molecule has 22 heavy (non-hydrogen) atoms. The zero-order chi connectivity index (χ0) is 15.4. The predicted molar refractivity (Wildman–Crippen MR) is 83.6 cm³/mol. The number of carbonyl (C=O) groups excluding carboxylic acids is 1. The van der Waals surface area contributed by atoms with Gasteiger partial charge in [0.25, 0.3) is 5.91 Å². The molecule has 3 aromatic rings. The summed E-state index contributed by atoms with van der Waals surface area (Å²) >= 11 is 5.96. The molecule has 6 nitrogen and oxygen atoms in total. The maximum Gasteiger partial charge on any atom is 0.269 e. The lowest BCUT2D eigenvalue weighted by Gasteiger charge is -2.03. The average Bonchev–Trinajstić information content (AvgIpc) is 3.19. The van der Waals surface area contributed by atoms with Gasteiger partial charge in [-0.15, -0.1) is 0 Å². The van der Waals surface area contributed by atoms with Crippen LogP contribution < -0.4 is 5.32 Å². The Bertz CT molecular complexity index is 766. The molecule has 0 radical (unpaired) electrons. The minimum Gasteiger partial charge on any atom is -0.349 e. The van der Waals surface area contributed by atoms with E-state index in [0.717, 1.165) is 5.56 Å². The van der Waals surface area contributed by atoms with Crippen molar-refractivity contribution in [3.05, 3.63) is 59.8 Å². The van der Waals surface area contributed by atoms with Crippen molar-refractivity contribution in [1.82, 2.24) is 25.1 Å². The van der Waals surface area contributed by atoms with Crippen LogP contribution in [0, 0.1) is 0 Å². The lowest BCUT2D eigenvalue weighted by molar-refractivity contribution is 0.0947. The Morgan fingerprint density at radius 1 is 1.36 bits per heavy atom. The molecule has 2 heterocycles. The van der Waals surface area contributed by atoms with Gasteiger partial charge in [0.2, 0.25) is 0 Å². The highest BCUT2D eigenvalue weighted by Gasteiger charge is 2.10. The fraction of sp³-hybridized carbons (Fsp3) is 0.133. The fourth-order valence-corrected chi connectivity index (χ4v) is 2.24. The number of nitrogens with zero attached hydrogens (tertiary/aromatic N) is 3. The Kier molecular flexibility index (Phi) is 4.20. The molecule has 0 aliphatic carbocycles. The molecule has 0 bridgehead atoms. The molecule has 0 fully saturated rings. The van der Waals surface area contributed by atoms with Gasteiger partial charge < -0.3 is 9.88 Å². The molecule has 0 unspecified atom stereocenters. The molecule has 0 saturated carbocycles. The third kappa shape index (κ3) is 3.35. The minimum atomic E-state index is -0.194. The number of hydrogen-bond donors (Lipinski definition) is 2. The van der Waals surface area contributed by atoms with Crippen LogP contribution in [0.5, 0.6) is 0 Å². The number of H-pyrrole nitrogens is 1. The van der Waals surface area contributed by atoms with Crippen molar-refractivity contribution in [2.75, 3.05) is 6.54 Å². The second-order valence-corrected chi connectivity index (χ2v) is 5.17. The van der Waals surface area contributed by atoms with Gasteiger partial charge in [0.1, 0.15) is 5.69 Å². The van der Waals surface area contributed by atoms with E-state index in [2.05, 4.69) is 20.5 Å². The summed E-state index contributed by atoms with van der Waals surface area (Å²) in [5.41, 5.74) is 1.96. The lowest BCUT2D eigenvalue weighted by Crippen LogP contribution is -2.27. The van der Waals surface area contributed by atoms with Gasteiger partial charge in [-0.2, -0.15) is 5.10 Å². The van der Waals surface area contributed by atoms with Crippen LogP contribution in [0.15, 0.2) is 49.1 Å². The quantitative estimate of drug-likeness (QED) is 0.759. The highest BCUT2D eigenvalue weighted by molar-refractivity contribution is 6.30. The summed E-state index contributed by atoms with van der Waals surface area (Å²) in [4.78, 5) is 16.0. The van der Waals surface area contributed by atoms with Crippen molar-refractivity contribution in [3.8, 4) is 11.3 Å². The molecule has 7 heteroatoms. The van der Waals surface area contributed by atoms with Crippen LogP contribution in [0.2, 0.25) is 5.02 Å². The number of aromatic amines is 1. The predicted octanol–water partition coefficient (Wildman–Crippen LogP) is 2.36. The van der Waals surface area contributed by atoms with E-state index in [1.54, 1.807) is 30.7 Å².